The smallest absolute Gasteiger partial charge is 0.220 e. The van der Waals surface area contributed by atoms with Crippen LogP contribution in [0.25, 0.3) is 10.2 Å². The van der Waals surface area contributed by atoms with Crippen molar-refractivity contribution in [2.24, 2.45) is 0 Å². The third kappa shape index (κ3) is 2.42. The second-order valence-corrected chi connectivity index (χ2v) is 5.78. The van der Waals surface area contributed by atoms with Crippen molar-refractivity contribution >= 4 is 44.2 Å². The molecule has 1 aromatic heterocycles. The van der Waals surface area contributed by atoms with Gasteiger partial charge in [-0.15, -0.1) is 0 Å². The topological polar surface area (TPSA) is 54.0 Å². The Morgan fingerprint density at radius 1 is 1.50 bits per heavy atom. The summed E-state index contributed by atoms with van der Waals surface area (Å²) in [7, 11) is 0. The zero-order valence-electron chi connectivity index (χ0n) is 9.57. The number of nitrogens with one attached hydrogen (secondary N) is 2. The van der Waals surface area contributed by atoms with E-state index < -0.39 is 0 Å². The number of amides is 1. The maximum Gasteiger partial charge on any atom is 0.220 e. The molecule has 94 valence electrons. The first kappa shape index (κ1) is 11.7. The first-order valence-corrected chi connectivity index (χ1v) is 6.99. The van der Waals surface area contributed by atoms with Crippen molar-refractivity contribution in [2.45, 2.75) is 18.9 Å². The average Bonchev–Trinajstić information content (AvgIpc) is 2.73. The number of fused-ring (bicyclic) bond motifs is 1. The lowest BCUT2D eigenvalue weighted by Gasteiger charge is -2.22. The molecule has 1 saturated heterocycles. The molecule has 3 rings (SSSR count). The summed E-state index contributed by atoms with van der Waals surface area (Å²) >= 11 is 7.53. The number of nitrogens with zero attached hydrogens (tertiary/aromatic N) is 1. The van der Waals surface area contributed by atoms with Crippen LogP contribution in [0.3, 0.4) is 0 Å². The van der Waals surface area contributed by atoms with Crippen LogP contribution in [0, 0.1) is 0 Å². The van der Waals surface area contributed by atoms with Crippen molar-refractivity contribution in [3.63, 3.8) is 0 Å². The number of rotatable bonds is 2. The van der Waals surface area contributed by atoms with Crippen molar-refractivity contribution in [3.8, 4) is 0 Å². The lowest BCUT2D eigenvalue weighted by molar-refractivity contribution is -0.122. The Balaban J connectivity index is 1.76. The summed E-state index contributed by atoms with van der Waals surface area (Å²) in [5, 5.41) is 7.82. The average molecular weight is 282 g/mol. The van der Waals surface area contributed by atoms with Crippen molar-refractivity contribution in [2.75, 3.05) is 11.9 Å². The fourth-order valence-electron chi connectivity index (χ4n) is 1.99. The summed E-state index contributed by atoms with van der Waals surface area (Å²) < 4.78 is 1.07. The van der Waals surface area contributed by atoms with Gasteiger partial charge in [0.05, 0.1) is 10.2 Å². The highest BCUT2D eigenvalue weighted by Gasteiger charge is 2.18. The van der Waals surface area contributed by atoms with Gasteiger partial charge in [0.25, 0.3) is 0 Å². The zero-order valence-corrected chi connectivity index (χ0v) is 11.1. The molecule has 2 aromatic rings. The lowest BCUT2D eigenvalue weighted by Crippen LogP contribution is -2.41. The highest BCUT2D eigenvalue weighted by Crippen LogP contribution is 2.29. The van der Waals surface area contributed by atoms with Crippen molar-refractivity contribution < 1.29 is 4.79 Å². The van der Waals surface area contributed by atoms with Gasteiger partial charge in [0.2, 0.25) is 5.91 Å². The molecule has 6 heteroatoms. The van der Waals surface area contributed by atoms with Gasteiger partial charge in [0.1, 0.15) is 0 Å². The number of hydrogen-bond donors (Lipinski definition) is 2. The molecule has 1 aliphatic rings. The molecule has 0 spiro atoms. The highest BCUT2D eigenvalue weighted by atomic mass is 35.5. The van der Waals surface area contributed by atoms with Gasteiger partial charge in [-0.1, -0.05) is 22.9 Å². The molecule has 1 amide bonds. The van der Waals surface area contributed by atoms with Crippen LogP contribution in [0.1, 0.15) is 12.8 Å². The van der Waals surface area contributed by atoms with Crippen LogP contribution in [-0.2, 0) is 4.79 Å². The van der Waals surface area contributed by atoms with Gasteiger partial charge in [0.15, 0.2) is 5.13 Å². The van der Waals surface area contributed by atoms with Gasteiger partial charge < -0.3 is 10.6 Å². The number of thiazole rings is 1. The van der Waals surface area contributed by atoms with Crippen LogP contribution in [-0.4, -0.2) is 23.5 Å². The number of carbonyl (C=O) groups is 1. The molecular weight excluding hydrogens is 270 g/mol. The Morgan fingerprint density at radius 3 is 3.17 bits per heavy atom. The normalized spacial score (nSPS) is 19.8. The number of piperidine rings is 1. The van der Waals surface area contributed by atoms with E-state index >= 15 is 0 Å². The van der Waals surface area contributed by atoms with Gasteiger partial charge in [-0.25, -0.2) is 4.98 Å². The predicted molar refractivity (Wildman–Crippen MR) is 74.3 cm³/mol. The molecule has 0 saturated carbocycles. The van der Waals surface area contributed by atoms with Crippen molar-refractivity contribution in [1.29, 1.82) is 0 Å². The van der Waals surface area contributed by atoms with E-state index in [0.29, 0.717) is 13.0 Å². The molecule has 1 aliphatic heterocycles. The minimum atomic E-state index is 0.129. The maximum absolute atomic E-state index is 11.1. The Hall–Kier alpha value is -1.33. The molecule has 18 heavy (non-hydrogen) atoms. The molecule has 0 bridgehead atoms. The van der Waals surface area contributed by atoms with Crippen LogP contribution in [0.2, 0.25) is 5.02 Å². The summed E-state index contributed by atoms with van der Waals surface area (Å²) in [6.07, 6.45) is 1.43. The molecule has 1 aromatic carbocycles. The van der Waals surface area contributed by atoms with E-state index in [4.69, 9.17) is 11.6 Å². The molecule has 0 aliphatic carbocycles. The molecule has 1 unspecified atom stereocenters. The van der Waals surface area contributed by atoms with Gasteiger partial charge >= 0.3 is 0 Å². The van der Waals surface area contributed by atoms with Crippen LogP contribution in [0.15, 0.2) is 18.2 Å². The molecule has 2 heterocycles. The number of hydrogen-bond acceptors (Lipinski definition) is 4. The van der Waals surface area contributed by atoms with E-state index in [1.54, 1.807) is 11.3 Å². The molecule has 4 nitrogen and oxygen atoms in total. The summed E-state index contributed by atoms with van der Waals surface area (Å²) in [4.78, 5) is 15.6. The fourth-order valence-corrected chi connectivity index (χ4v) is 3.21. The maximum atomic E-state index is 11.1. The second kappa shape index (κ2) is 4.74. The second-order valence-electron chi connectivity index (χ2n) is 4.32. The molecule has 2 N–H and O–H groups in total. The predicted octanol–water partition coefficient (Wildman–Crippen LogP) is 2.64. The molecule has 0 radical (unpaired) electrons. The molecule has 1 atom stereocenters. The Labute approximate surface area is 113 Å². The van der Waals surface area contributed by atoms with Crippen LogP contribution in [0.5, 0.6) is 0 Å². The first-order valence-electron chi connectivity index (χ1n) is 5.80. The van der Waals surface area contributed by atoms with Crippen LogP contribution in [0.4, 0.5) is 5.13 Å². The molecular formula is C12H12ClN3OS. The van der Waals surface area contributed by atoms with Crippen molar-refractivity contribution in [1.82, 2.24) is 10.3 Å². The number of aromatic nitrogens is 1. The van der Waals surface area contributed by atoms with Gasteiger partial charge in [-0.2, -0.15) is 0 Å². The van der Waals surface area contributed by atoms with Gasteiger partial charge in [-0.05, 0) is 24.6 Å². The first-order chi connectivity index (χ1) is 8.70. The van der Waals surface area contributed by atoms with E-state index in [0.717, 1.165) is 26.8 Å². The van der Waals surface area contributed by atoms with E-state index in [-0.39, 0.29) is 11.9 Å². The van der Waals surface area contributed by atoms with E-state index in [1.807, 2.05) is 18.2 Å². The summed E-state index contributed by atoms with van der Waals surface area (Å²) in [5.74, 6) is 0.129. The standard InChI is InChI=1S/C12H12ClN3OS/c13-7-1-3-9-10(5-7)18-12(16-9)15-8-2-4-11(17)14-6-8/h1,3,5,8H,2,4,6H2,(H,14,17)(H,15,16). The number of benzene rings is 1. The highest BCUT2D eigenvalue weighted by molar-refractivity contribution is 7.22. The monoisotopic (exact) mass is 281 g/mol. The number of halogens is 1. The van der Waals surface area contributed by atoms with Gasteiger partial charge in [-0.3, -0.25) is 4.79 Å². The van der Waals surface area contributed by atoms with Crippen LogP contribution >= 0.6 is 22.9 Å². The minimum absolute atomic E-state index is 0.129. The number of carbonyl (C=O) groups excluding carboxylic acids is 1. The fraction of sp³-hybridized carbons (Fsp3) is 0.333. The van der Waals surface area contributed by atoms with Crippen LogP contribution < -0.4 is 10.6 Å². The Bertz CT molecular complexity index is 588. The number of anilines is 1. The molecule has 1 fully saturated rings. The third-order valence-electron chi connectivity index (χ3n) is 2.94. The van der Waals surface area contributed by atoms with Crippen molar-refractivity contribution in [3.05, 3.63) is 23.2 Å². The Morgan fingerprint density at radius 2 is 2.39 bits per heavy atom. The zero-order chi connectivity index (χ0) is 12.5. The van der Waals surface area contributed by atoms with E-state index in [1.165, 1.54) is 0 Å². The SMILES string of the molecule is O=C1CCC(Nc2nc3ccc(Cl)cc3s2)CN1. The third-order valence-corrected chi connectivity index (χ3v) is 4.13. The summed E-state index contributed by atoms with van der Waals surface area (Å²) in [6.45, 7) is 0.662. The lowest BCUT2D eigenvalue weighted by atomic mass is 10.1. The summed E-state index contributed by atoms with van der Waals surface area (Å²) in [5.41, 5.74) is 0.951. The van der Waals surface area contributed by atoms with Gasteiger partial charge in [0, 0.05) is 24.0 Å². The Kier molecular flexibility index (Phi) is 3.09. The largest absolute Gasteiger partial charge is 0.357 e. The van der Waals surface area contributed by atoms with E-state index in [9.17, 15) is 4.79 Å². The summed E-state index contributed by atoms with van der Waals surface area (Å²) in [6, 6.07) is 5.94. The quantitative estimate of drug-likeness (QED) is 0.890. The van der Waals surface area contributed by atoms with E-state index in [2.05, 4.69) is 15.6 Å². The minimum Gasteiger partial charge on any atom is -0.357 e.